The van der Waals surface area contributed by atoms with Crippen LogP contribution in [0.3, 0.4) is 0 Å². The zero-order valence-corrected chi connectivity index (χ0v) is 15.0. The second-order valence-electron chi connectivity index (χ2n) is 5.21. The third-order valence-electron chi connectivity index (χ3n) is 3.68. The Morgan fingerprint density at radius 3 is 2.87 bits per heavy atom. The molecule has 0 amide bonds. The summed E-state index contributed by atoms with van der Waals surface area (Å²) in [7, 11) is 1.37. The Kier molecular flexibility index (Phi) is 4.41. The first-order valence-electron chi connectivity index (χ1n) is 6.99. The van der Waals surface area contributed by atoms with Crippen LogP contribution in [0.5, 0.6) is 0 Å². The van der Waals surface area contributed by atoms with Gasteiger partial charge < -0.3 is 4.74 Å². The lowest BCUT2D eigenvalue weighted by atomic mass is 10.1. The van der Waals surface area contributed by atoms with Crippen LogP contribution in [0.25, 0.3) is 16.9 Å². The summed E-state index contributed by atoms with van der Waals surface area (Å²) < 4.78 is 7.52. The molecule has 0 unspecified atom stereocenters. The van der Waals surface area contributed by atoms with E-state index in [0.29, 0.717) is 5.15 Å². The predicted molar refractivity (Wildman–Crippen MR) is 93.8 cm³/mol. The molecule has 0 saturated carbocycles. The monoisotopic (exact) mass is 392 g/mol. The fraction of sp³-hybridized carbons (Fsp3) is 0.176. The minimum Gasteiger partial charge on any atom is -0.469 e. The van der Waals surface area contributed by atoms with Gasteiger partial charge in [0.2, 0.25) is 0 Å². The number of halogens is 2. The summed E-state index contributed by atoms with van der Waals surface area (Å²) in [5.74, 6) is -0.318. The summed E-state index contributed by atoms with van der Waals surface area (Å²) in [5, 5.41) is 0.485. The zero-order chi connectivity index (χ0) is 16.6. The van der Waals surface area contributed by atoms with Gasteiger partial charge in [0.05, 0.1) is 19.2 Å². The molecule has 2 heterocycles. The molecule has 118 valence electrons. The molecular formula is C17H14BrClN2O2. The van der Waals surface area contributed by atoms with Gasteiger partial charge in [-0.05, 0) is 30.7 Å². The van der Waals surface area contributed by atoms with E-state index < -0.39 is 0 Å². The number of hydrogen-bond donors (Lipinski definition) is 0. The molecular weight excluding hydrogens is 380 g/mol. The van der Waals surface area contributed by atoms with Gasteiger partial charge in [0.1, 0.15) is 10.8 Å². The highest BCUT2D eigenvalue weighted by Crippen LogP contribution is 2.28. The summed E-state index contributed by atoms with van der Waals surface area (Å²) in [6.45, 7) is 1.91. The number of rotatable bonds is 3. The number of aryl methyl sites for hydroxylation is 1. The Morgan fingerprint density at radius 1 is 1.39 bits per heavy atom. The van der Waals surface area contributed by atoms with Gasteiger partial charge in [-0.1, -0.05) is 39.7 Å². The molecule has 0 atom stereocenters. The van der Waals surface area contributed by atoms with Gasteiger partial charge in [-0.2, -0.15) is 0 Å². The second-order valence-corrected chi connectivity index (χ2v) is 6.49. The Morgan fingerprint density at radius 2 is 2.17 bits per heavy atom. The Hall–Kier alpha value is -1.85. The fourth-order valence-corrected chi connectivity index (χ4v) is 3.21. The molecule has 0 aliphatic heterocycles. The number of carbonyl (C=O) groups excluding carboxylic acids is 1. The molecule has 0 bridgehead atoms. The molecule has 3 rings (SSSR count). The van der Waals surface area contributed by atoms with Crippen LogP contribution in [-0.4, -0.2) is 22.5 Å². The summed E-state index contributed by atoms with van der Waals surface area (Å²) in [5.41, 5.74) is 4.23. The van der Waals surface area contributed by atoms with Crippen molar-refractivity contribution in [3.8, 4) is 11.3 Å². The number of imidazole rings is 1. The van der Waals surface area contributed by atoms with Gasteiger partial charge >= 0.3 is 5.97 Å². The van der Waals surface area contributed by atoms with Crippen molar-refractivity contribution < 1.29 is 9.53 Å². The Bertz CT molecular complexity index is 905. The average molecular weight is 394 g/mol. The maximum Gasteiger partial charge on any atom is 0.310 e. The maximum atomic E-state index is 11.6. The summed E-state index contributed by atoms with van der Waals surface area (Å²) in [6.07, 6.45) is 2.02. The lowest BCUT2D eigenvalue weighted by Crippen LogP contribution is -2.08. The number of carbonyl (C=O) groups is 1. The van der Waals surface area contributed by atoms with Crippen LogP contribution in [-0.2, 0) is 16.0 Å². The van der Waals surface area contributed by atoms with Crippen molar-refractivity contribution in [3.05, 3.63) is 57.3 Å². The van der Waals surface area contributed by atoms with E-state index in [0.717, 1.165) is 32.5 Å². The number of ether oxygens (including phenoxy) is 1. The summed E-state index contributed by atoms with van der Waals surface area (Å²) >= 11 is 9.95. The van der Waals surface area contributed by atoms with Gasteiger partial charge in [0.15, 0.2) is 0 Å². The lowest BCUT2D eigenvalue weighted by Gasteiger charge is -2.09. The first kappa shape index (κ1) is 16.0. The first-order chi connectivity index (χ1) is 11.0. The molecule has 0 radical (unpaired) electrons. The Balaban J connectivity index is 2.13. The van der Waals surface area contributed by atoms with E-state index in [1.54, 1.807) is 4.40 Å². The van der Waals surface area contributed by atoms with Crippen LogP contribution in [0, 0.1) is 6.92 Å². The third kappa shape index (κ3) is 3.12. The van der Waals surface area contributed by atoms with Gasteiger partial charge in [-0.3, -0.25) is 9.20 Å². The normalized spacial score (nSPS) is 11.0. The van der Waals surface area contributed by atoms with Crippen LogP contribution >= 0.6 is 27.5 Å². The molecule has 0 N–H and O–H groups in total. The van der Waals surface area contributed by atoms with Gasteiger partial charge in [0.25, 0.3) is 0 Å². The van der Waals surface area contributed by atoms with E-state index in [4.69, 9.17) is 16.3 Å². The molecule has 0 aliphatic carbocycles. The van der Waals surface area contributed by atoms with E-state index in [2.05, 4.69) is 20.9 Å². The maximum absolute atomic E-state index is 11.6. The minimum atomic E-state index is -0.318. The number of hydrogen-bond acceptors (Lipinski definition) is 3. The number of benzene rings is 1. The highest BCUT2D eigenvalue weighted by molar-refractivity contribution is 9.10. The van der Waals surface area contributed by atoms with E-state index in [-0.39, 0.29) is 12.4 Å². The first-order valence-corrected chi connectivity index (χ1v) is 8.16. The van der Waals surface area contributed by atoms with Crippen LogP contribution < -0.4 is 0 Å². The standard InChI is InChI=1S/C17H14BrClN2O2/c1-10-6-15-20-14(11-4-3-5-12(18)7-11)9-21(15)17(19)13(10)8-16(22)23-2/h3-7,9H,8H2,1-2H3. The van der Waals surface area contributed by atoms with E-state index in [1.165, 1.54) is 7.11 Å². The number of aromatic nitrogens is 2. The molecule has 2 aromatic heterocycles. The third-order valence-corrected chi connectivity index (χ3v) is 4.59. The molecule has 4 nitrogen and oxygen atoms in total. The van der Waals surface area contributed by atoms with Crippen molar-refractivity contribution in [1.82, 2.24) is 9.38 Å². The Labute approximate surface area is 147 Å². The molecule has 0 spiro atoms. The lowest BCUT2D eigenvalue weighted by molar-refractivity contribution is -0.139. The SMILES string of the molecule is COC(=O)Cc1c(C)cc2nc(-c3cccc(Br)c3)cn2c1Cl. The quantitative estimate of drug-likeness (QED) is 0.488. The van der Waals surface area contributed by atoms with Crippen LogP contribution in [0.1, 0.15) is 11.1 Å². The number of esters is 1. The van der Waals surface area contributed by atoms with Crippen LogP contribution in [0.2, 0.25) is 5.15 Å². The van der Waals surface area contributed by atoms with Crippen LogP contribution in [0.4, 0.5) is 0 Å². The van der Waals surface area contributed by atoms with Crippen molar-refractivity contribution in [2.24, 2.45) is 0 Å². The van der Waals surface area contributed by atoms with Gasteiger partial charge in [-0.15, -0.1) is 0 Å². The summed E-state index contributed by atoms with van der Waals surface area (Å²) in [4.78, 5) is 16.2. The molecule has 1 aromatic carbocycles. The van der Waals surface area contributed by atoms with Crippen molar-refractivity contribution in [2.45, 2.75) is 13.3 Å². The molecule has 3 aromatic rings. The fourth-order valence-electron chi connectivity index (χ4n) is 2.46. The molecule has 0 aliphatic rings. The van der Waals surface area contributed by atoms with Crippen molar-refractivity contribution >= 4 is 39.1 Å². The molecule has 0 saturated heterocycles. The highest BCUT2D eigenvalue weighted by Gasteiger charge is 2.15. The van der Waals surface area contributed by atoms with Gasteiger partial charge in [0, 0.05) is 21.8 Å². The van der Waals surface area contributed by atoms with Crippen molar-refractivity contribution in [2.75, 3.05) is 7.11 Å². The summed E-state index contributed by atoms with van der Waals surface area (Å²) in [6, 6.07) is 9.83. The van der Waals surface area contributed by atoms with E-state index in [9.17, 15) is 4.79 Å². The van der Waals surface area contributed by atoms with E-state index in [1.807, 2.05) is 43.5 Å². The van der Waals surface area contributed by atoms with E-state index >= 15 is 0 Å². The number of methoxy groups -OCH3 is 1. The van der Waals surface area contributed by atoms with Crippen LogP contribution in [0.15, 0.2) is 41.0 Å². The molecule has 23 heavy (non-hydrogen) atoms. The van der Waals surface area contributed by atoms with Gasteiger partial charge in [-0.25, -0.2) is 4.98 Å². The largest absolute Gasteiger partial charge is 0.469 e. The number of fused-ring (bicyclic) bond motifs is 1. The average Bonchev–Trinajstić information content (AvgIpc) is 2.95. The minimum absolute atomic E-state index is 0.140. The molecule has 0 fully saturated rings. The molecule has 6 heteroatoms. The highest BCUT2D eigenvalue weighted by atomic mass is 79.9. The second kappa shape index (κ2) is 6.34. The predicted octanol–water partition coefficient (Wildman–Crippen LogP) is 4.44. The number of nitrogens with zero attached hydrogens (tertiary/aromatic N) is 2. The zero-order valence-electron chi connectivity index (χ0n) is 12.6. The number of pyridine rings is 1. The van der Waals surface area contributed by atoms with Crippen molar-refractivity contribution in [3.63, 3.8) is 0 Å². The topological polar surface area (TPSA) is 43.6 Å². The van der Waals surface area contributed by atoms with Crippen molar-refractivity contribution in [1.29, 1.82) is 0 Å². The smallest absolute Gasteiger partial charge is 0.310 e.